The van der Waals surface area contributed by atoms with Gasteiger partial charge in [-0.15, -0.1) is 10.2 Å². The van der Waals surface area contributed by atoms with E-state index in [1.165, 1.54) is 5.56 Å². The number of carbonyl (C=O) groups excluding carboxylic acids is 1. The van der Waals surface area contributed by atoms with E-state index in [9.17, 15) is 9.90 Å². The molecule has 6 rings (SSSR count). The van der Waals surface area contributed by atoms with Gasteiger partial charge in [-0.25, -0.2) is 0 Å². The molecule has 10 nitrogen and oxygen atoms in total. The lowest BCUT2D eigenvalue weighted by Crippen LogP contribution is -2.35. The van der Waals surface area contributed by atoms with Crippen molar-refractivity contribution in [2.75, 3.05) is 26.3 Å². The molecule has 1 amide bonds. The molecule has 10 heteroatoms. The van der Waals surface area contributed by atoms with E-state index >= 15 is 0 Å². The number of morpholine rings is 1. The number of carbonyl (C=O) groups is 1. The number of aromatic amines is 1. The number of ether oxygens (including phenoxy) is 1. The Balaban J connectivity index is 1.41. The molecule has 1 saturated carbocycles. The fourth-order valence-corrected chi connectivity index (χ4v) is 4.79. The molecule has 37 heavy (non-hydrogen) atoms. The van der Waals surface area contributed by atoms with Crippen LogP contribution in [0.25, 0.3) is 28.0 Å². The van der Waals surface area contributed by atoms with Crippen LogP contribution in [0, 0.1) is 0 Å². The number of benzene rings is 2. The van der Waals surface area contributed by atoms with Crippen LogP contribution in [0.1, 0.15) is 54.5 Å². The van der Waals surface area contributed by atoms with E-state index < -0.39 is 0 Å². The maximum absolute atomic E-state index is 13.1. The fraction of sp³-hybridized carbons (Fsp3) is 0.407. The molecule has 2 aromatic heterocycles. The minimum Gasteiger partial charge on any atom is -0.507 e. The van der Waals surface area contributed by atoms with Crippen LogP contribution in [0.5, 0.6) is 5.75 Å². The number of phenols is 1. The summed E-state index contributed by atoms with van der Waals surface area (Å²) in [6.07, 6.45) is 1.94. The Morgan fingerprint density at radius 1 is 1.16 bits per heavy atom. The van der Waals surface area contributed by atoms with Gasteiger partial charge >= 0.3 is 0 Å². The van der Waals surface area contributed by atoms with Crippen LogP contribution in [-0.2, 0) is 11.3 Å². The molecule has 2 aromatic carbocycles. The molecule has 3 N–H and O–H groups in total. The lowest BCUT2D eigenvalue weighted by atomic mass is 10.0. The predicted octanol–water partition coefficient (Wildman–Crippen LogP) is 3.36. The van der Waals surface area contributed by atoms with Crippen molar-refractivity contribution in [3.05, 3.63) is 53.5 Å². The quantitative estimate of drug-likeness (QED) is 0.355. The van der Waals surface area contributed by atoms with Crippen LogP contribution >= 0.6 is 0 Å². The first-order valence-corrected chi connectivity index (χ1v) is 12.8. The van der Waals surface area contributed by atoms with Crippen molar-refractivity contribution in [2.45, 2.75) is 45.2 Å². The van der Waals surface area contributed by atoms with Gasteiger partial charge in [0, 0.05) is 42.8 Å². The highest BCUT2D eigenvalue weighted by atomic mass is 16.5. The van der Waals surface area contributed by atoms with Gasteiger partial charge in [0.25, 0.3) is 5.91 Å². The Kier molecular flexibility index (Phi) is 6.13. The molecular weight excluding hydrogens is 470 g/mol. The smallest absolute Gasteiger partial charge is 0.289 e. The highest BCUT2D eigenvalue weighted by Crippen LogP contribution is 2.36. The lowest BCUT2D eigenvalue weighted by molar-refractivity contribution is 0.0342. The summed E-state index contributed by atoms with van der Waals surface area (Å²) in [4.78, 5) is 15.5. The molecule has 1 aliphatic heterocycles. The molecular formula is C27H31N7O3. The number of H-pyrrole nitrogens is 1. The molecule has 3 heterocycles. The van der Waals surface area contributed by atoms with Crippen molar-refractivity contribution >= 4 is 16.8 Å². The van der Waals surface area contributed by atoms with Gasteiger partial charge in [-0.05, 0) is 42.5 Å². The molecule has 0 unspecified atom stereocenters. The highest BCUT2D eigenvalue weighted by Gasteiger charge is 2.29. The van der Waals surface area contributed by atoms with E-state index in [-0.39, 0.29) is 29.4 Å². The minimum atomic E-state index is -0.273. The third-order valence-corrected chi connectivity index (χ3v) is 6.98. The van der Waals surface area contributed by atoms with Gasteiger partial charge in [0.1, 0.15) is 5.75 Å². The number of aromatic hydroxyl groups is 1. The summed E-state index contributed by atoms with van der Waals surface area (Å²) in [5.41, 5.74) is 4.07. The molecule has 2 aliphatic rings. The fourth-order valence-electron chi connectivity index (χ4n) is 4.79. The molecule has 0 spiro atoms. The van der Waals surface area contributed by atoms with E-state index in [1.54, 1.807) is 10.6 Å². The molecule has 1 saturated heterocycles. The van der Waals surface area contributed by atoms with Crippen LogP contribution in [0.2, 0.25) is 0 Å². The summed E-state index contributed by atoms with van der Waals surface area (Å²) in [6.45, 7) is 8.32. The van der Waals surface area contributed by atoms with Crippen molar-refractivity contribution < 1.29 is 14.6 Å². The number of hydrogen-bond acceptors (Lipinski definition) is 7. The number of fused-ring (bicyclic) bond motifs is 1. The Hall–Kier alpha value is -3.76. The summed E-state index contributed by atoms with van der Waals surface area (Å²) >= 11 is 0. The number of rotatable bonds is 7. The molecule has 192 valence electrons. The number of hydrogen-bond donors (Lipinski definition) is 3. The first-order valence-electron chi connectivity index (χ1n) is 12.8. The molecule has 0 bridgehead atoms. The Bertz CT molecular complexity index is 1430. The highest BCUT2D eigenvalue weighted by molar-refractivity contribution is 5.94. The number of nitrogens with one attached hydrogen (secondary N) is 2. The zero-order chi connectivity index (χ0) is 25.5. The number of phenolic OH excluding ortho intramolecular Hbond substituents is 1. The first kappa shape index (κ1) is 23.6. The maximum Gasteiger partial charge on any atom is 0.289 e. The van der Waals surface area contributed by atoms with E-state index in [2.05, 4.69) is 56.6 Å². The maximum atomic E-state index is 13.1. The SMILES string of the molecule is CC(C)c1n[nH]c2cc(O)c(-c3nnc(C(=O)NC4CC4)n3-c3ccc(CN4CCOCC4)cc3)cc12. The summed E-state index contributed by atoms with van der Waals surface area (Å²) < 4.78 is 7.18. The van der Waals surface area contributed by atoms with Crippen LogP contribution in [0.15, 0.2) is 36.4 Å². The number of amides is 1. The van der Waals surface area contributed by atoms with Crippen molar-refractivity contribution in [1.29, 1.82) is 0 Å². The van der Waals surface area contributed by atoms with Crippen LogP contribution < -0.4 is 5.32 Å². The Morgan fingerprint density at radius 2 is 1.92 bits per heavy atom. The van der Waals surface area contributed by atoms with Gasteiger partial charge in [-0.2, -0.15) is 5.10 Å². The van der Waals surface area contributed by atoms with Gasteiger partial charge in [0.15, 0.2) is 5.82 Å². The van der Waals surface area contributed by atoms with E-state index in [0.29, 0.717) is 11.4 Å². The van der Waals surface area contributed by atoms with Gasteiger partial charge in [0.05, 0.1) is 30.0 Å². The largest absolute Gasteiger partial charge is 0.507 e. The lowest BCUT2D eigenvalue weighted by Gasteiger charge is -2.26. The second-order valence-corrected chi connectivity index (χ2v) is 10.2. The van der Waals surface area contributed by atoms with Crippen molar-refractivity contribution in [3.8, 4) is 22.8 Å². The van der Waals surface area contributed by atoms with E-state index in [0.717, 1.165) is 68.0 Å². The predicted molar refractivity (Wildman–Crippen MR) is 139 cm³/mol. The van der Waals surface area contributed by atoms with Crippen LogP contribution in [0.3, 0.4) is 0 Å². The summed E-state index contributed by atoms with van der Waals surface area (Å²) in [7, 11) is 0. The first-order chi connectivity index (χ1) is 18.0. The summed E-state index contributed by atoms with van der Waals surface area (Å²) in [5.74, 6) is 0.558. The summed E-state index contributed by atoms with van der Waals surface area (Å²) in [5, 5.41) is 31.0. The van der Waals surface area contributed by atoms with Gasteiger partial charge < -0.3 is 15.2 Å². The van der Waals surface area contributed by atoms with Gasteiger partial charge in [0.2, 0.25) is 5.82 Å². The zero-order valence-electron chi connectivity index (χ0n) is 21.1. The molecule has 4 aromatic rings. The summed E-state index contributed by atoms with van der Waals surface area (Å²) in [6, 6.07) is 11.8. The average molecular weight is 502 g/mol. The molecule has 1 aliphatic carbocycles. The van der Waals surface area contributed by atoms with Crippen molar-refractivity contribution in [1.82, 2.24) is 35.2 Å². The van der Waals surface area contributed by atoms with Crippen LogP contribution in [0.4, 0.5) is 0 Å². The van der Waals surface area contributed by atoms with Gasteiger partial charge in [-0.3, -0.25) is 19.4 Å². The average Bonchev–Trinajstić information content (AvgIpc) is 3.44. The normalized spacial score (nSPS) is 16.5. The van der Waals surface area contributed by atoms with Gasteiger partial charge in [-0.1, -0.05) is 26.0 Å². The zero-order valence-corrected chi connectivity index (χ0v) is 21.1. The monoisotopic (exact) mass is 501 g/mol. The van der Waals surface area contributed by atoms with Crippen molar-refractivity contribution in [2.24, 2.45) is 0 Å². The van der Waals surface area contributed by atoms with Crippen LogP contribution in [-0.4, -0.2) is 73.2 Å². The second kappa shape index (κ2) is 9.60. The Morgan fingerprint density at radius 3 is 2.62 bits per heavy atom. The Labute approximate surface area is 214 Å². The third kappa shape index (κ3) is 4.70. The number of nitrogens with zero attached hydrogens (tertiary/aromatic N) is 5. The minimum absolute atomic E-state index is 0.0400. The topological polar surface area (TPSA) is 121 Å². The van der Waals surface area contributed by atoms with Crippen molar-refractivity contribution in [3.63, 3.8) is 0 Å². The third-order valence-electron chi connectivity index (χ3n) is 6.98. The van der Waals surface area contributed by atoms with E-state index in [1.807, 2.05) is 18.2 Å². The molecule has 2 fully saturated rings. The second-order valence-electron chi connectivity index (χ2n) is 10.2. The standard InChI is InChI=1S/C27H31N7O3/c1-16(2)24-20-13-21(23(35)14-22(20)29-30-24)25-31-32-26(27(36)28-18-5-6-18)34(25)19-7-3-17(4-8-19)15-33-9-11-37-12-10-33/h3-4,7-8,13-14,16,18,35H,5-6,9-12,15H2,1-2H3,(H,28,36)(H,29,30). The molecule has 0 radical (unpaired) electrons. The molecule has 0 atom stereocenters. The van der Waals surface area contributed by atoms with E-state index in [4.69, 9.17) is 4.74 Å². The number of aromatic nitrogens is 5.